The van der Waals surface area contributed by atoms with Crippen molar-refractivity contribution in [1.29, 1.82) is 0 Å². The zero-order valence-corrected chi connectivity index (χ0v) is 10.3. The summed E-state index contributed by atoms with van der Waals surface area (Å²) in [4.78, 5) is 0. The van der Waals surface area contributed by atoms with E-state index in [-0.39, 0.29) is 0 Å². The molecule has 0 bridgehead atoms. The van der Waals surface area contributed by atoms with Gasteiger partial charge >= 0.3 is 0 Å². The Morgan fingerprint density at radius 1 is 1.33 bits per heavy atom. The Morgan fingerprint density at radius 3 is 2.87 bits per heavy atom. The van der Waals surface area contributed by atoms with Gasteiger partial charge in [0.05, 0.1) is 0 Å². The van der Waals surface area contributed by atoms with Crippen LogP contribution in [-0.4, -0.2) is 39.0 Å². The van der Waals surface area contributed by atoms with E-state index in [9.17, 15) is 0 Å². The zero-order valence-electron chi connectivity index (χ0n) is 9.44. The molecule has 15 heavy (non-hydrogen) atoms. The van der Waals surface area contributed by atoms with Crippen LogP contribution in [0.3, 0.4) is 0 Å². The molecule has 0 aliphatic heterocycles. The predicted molar refractivity (Wildman–Crippen MR) is 61.9 cm³/mol. The standard InChI is InChI=1S/C9H19N5S/c1-3-4-5-6-10-7-8-15-9-11-12-13-14(9)2/h10H,3-8H2,1-2H3. The highest BCUT2D eigenvalue weighted by atomic mass is 32.2. The summed E-state index contributed by atoms with van der Waals surface area (Å²) in [6, 6.07) is 0. The largest absolute Gasteiger partial charge is 0.316 e. The van der Waals surface area contributed by atoms with Crippen molar-refractivity contribution in [2.75, 3.05) is 18.8 Å². The van der Waals surface area contributed by atoms with E-state index in [1.807, 2.05) is 7.05 Å². The first-order valence-corrected chi connectivity index (χ1v) is 6.39. The molecule has 0 fully saturated rings. The lowest BCUT2D eigenvalue weighted by atomic mass is 10.2. The number of aryl methyl sites for hydroxylation is 1. The third kappa shape index (κ3) is 5.13. The Hall–Kier alpha value is -0.620. The minimum absolute atomic E-state index is 0.880. The van der Waals surface area contributed by atoms with Crippen molar-refractivity contribution in [2.45, 2.75) is 31.3 Å². The third-order valence-electron chi connectivity index (χ3n) is 2.05. The van der Waals surface area contributed by atoms with Crippen molar-refractivity contribution in [3.8, 4) is 0 Å². The van der Waals surface area contributed by atoms with Gasteiger partial charge in [-0.25, -0.2) is 4.68 Å². The minimum atomic E-state index is 0.880. The second-order valence-electron chi connectivity index (χ2n) is 3.39. The molecule has 1 heterocycles. The van der Waals surface area contributed by atoms with E-state index in [0.29, 0.717) is 0 Å². The number of rotatable bonds is 8. The van der Waals surface area contributed by atoms with Crippen LogP contribution in [0.5, 0.6) is 0 Å². The molecule has 0 atom stereocenters. The summed E-state index contributed by atoms with van der Waals surface area (Å²) in [5.41, 5.74) is 0. The Kier molecular flexibility index (Phi) is 6.34. The van der Waals surface area contributed by atoms with E-state index >= 15 is 0 Å². The molecule has 1 aromatic rings. The Bertz CT molecular complexity index is 263. The first-order valence-electron chi connectivity index (χ1n) is 5.40. The number of tetrazole rings is 1. The van der Waals surface area contributed by atoms with Crippen molar-refractivity contribution in [1.82, 2.24) is 25.5 Å². The van der Waals surface area contributed by atoms with Gasteiger partial charge in [0.1, 0.15) is 0 Å². The smallest absolute Gasteiger partial charge is 0.209 e. The number of nitrogens with zero attached hydrogens (tertiary/aromatic N) is 4. The fourth-order valence-electron chi connectivity index (χ4n) is 1.18. The second kappa shape index (κ2) is 7.64. The molecule has 86 valence electrons. The molecule has 0 saturated heterocycles. The monoisotopic (exact) mass is 229 g/mol. The molecule has 6 heteroatoms. The Labute approximate surface area is 95.0 Å². The highest BCUT2D eigenvalue weighted by Crippen LogP contribution is 2.10. The number of unbranched alkanes of at least 4 members (excludes halogenated alkanes) is 2. The van der Waals surface area contributed by atoms with Crippen LogP contribution in [0.25, 0.3) is 0 Å². The third-order valence-corrected chi connectivity index (χ3v) is 3.06. The average Bonchev–Trinajstić information content (AvgIpc) is 2.63. The molecule has 0 unspecified atom stereocenters. The number of nitrogens with one attached hydrogen (secondary N) is 1. The summed E-state index contributed by atoms with van der Waals surface area (Å²) in [7, 11) is 1.86. The lowest BCUT2D eigenvalue weighted by molar-refractivity contribution is 0.634. The maximum absolute atomic E-state index is 3.90. The molecule has 5 nitrogen and oxygen atoms in total. The highest BCUT2D eigenvalue weighted by molar-refractivity contribution is 7.99. The van der Waals surface area contributed by atoms with Crippen molar-refractivity contribution in [3.05, 3.63) is 0 Å². The number of hydrogen-bond donors (Lipinski definition) is 1. The number of aromatic nitrogens is 4. The highest BCUT2D eigenvalue weighted by Gasteiger charge is 2.00. The lowest BCUT2D eigenvalue weighted by Gasteiger charge is -2.02. The first kappa shape index (κ1) is 12.4. The van der Waals surface area contributed by atoms with E-state index in [1.54, 1.807) is 16.4 Å². The van der Waals surface area contributed by atoms with E-state index < -0.39 is 0 Å². The van der Waals surface area contributed by atoms with Crippen molar-refractivity contribution in [3.63, 3.8) is 0 Å². The van der Waals surface area contributed by atoms with Gasteiger partial charge in [-0.1, -0.05) is 31.5 Å². The van der Waals surface area contributed by atoms with Crippen molar-refractivity contribution < 1.29 is 0 Å². The molecular formula is C9H19N5S. The maximum Gasteiger partial charge on any atom is 0.209 e. The summed E-state index contributed by atoms with van der Waals surface area (Å²) in [6.07, 6.45) is 3.86. The predicted octanol–water partition coefficient (Wildman–Crippen LogP) is 1.08. The average molecular weight is 229 g/mol. The molecule has 0 spiro atoms. The van der Waals surface area contributed by atoms with Crippen LogP contribution in [0.2, 0.25) is 0 Å². The van der Waals surface area contributed by atoms with Gasteiger partial charge in [-0.05, 0) is 23.4 Å². The van der Waals surface area contributed by atoms with Crippen LogP contribution in [0, 0.1) is 0 Å². The summed E-state index contributed by atoms with van der Waals surface area (Å²) in [5, 5.41) is 15.5. The fourth-order valence-corrected chi connectivity index (χ4v) is 1.93. The molecule has 0 aliphatic carbocycles. The molecule has 0 aromatic carbocycles. The summed E-state index contributed by atoms with van der Waals surface area (Å²) in [5.74, 6) is 1.01. The van der Waals surface area contributed by atoms with Crippen molar-refractivity contribution in [2.24, 2.45) is 7.05 Å². The normalized spacial score (nSPS) is 10.8. The molecule has 0 saturated carbocycles. The summed E-state index contributed by atoms with van der Waals surface area (Å²) >= 11 is 1.68. The lowest BCUT2D eigenvalue weighted by Crippen LogP contribution is -2.18. The SMILES string of the molecule is CCCCCNCCSc1nnnn1C. The Morgan fingerprint density at radius 2 is 2.20 bits per heavy atom. The molecule has 1 rings (SSSR count). The van der Waals surface area contributed by atoms with Gasteiger partial charge in [-0.2, -0.15) is 0 Å². The van der Waals surface area contributed by atoms with Crippen LogP contribution < -0.4 is 5.32 Å². The zero-order chi connectivity index (χ0) is 10.9. The van der Waals surface area contributed by atoms with E-state index in [4.69, 9.17) is 0 Å². The van der Waals surface area contributed by atoms with Crippen LogP contribution in [0.4, 0.5) is 0 Å². The Balaban J connectivity index is 1.96. The van der Waals surface area contributed by atoms with Crippen LogP contribution >= 0.6 is 11.8 Å². The van der Waals surface area contributed by atoms with Gasteiger partial charge in [0.25, 0.3) is 0 Å². The molecule has 1 N–H and O–H groups in total. The van der Waals surface area contributed by atoms with Gasteiger partial charge < -0.3 is 5.32 Å². The minimum Gasteiger partial charge on any atom is -0.316 e. The summed E-state index contributed by atoms with van der Waals surface area (Å²) in [6.45, 7) is 4.35. The van der Waals surface area contributed by atoms with Crippen molar-refractivity contribution >= 4 is 11.8 Å². The van der Waals surface area contributed by atoms with E-state index in [2.05, 4.69) is 27.8 Å². The molecule has 0 radical (unpaired) electrons. The number of thioether (sulfide) groups is 1. The van der Waals surface area contributed by atoms with Crippen LogP contribution in [0.15, 0.2) is 5.16 Å². The van der Waals surface area contributed by atoms with E-state index in [0.717, 1.165) is 24.0 Å². The van der Waals surface area contributed by atoms with Gasteiger partial charge in [-0.3, -0.25) is 0 Å². The molecule has 0 amide bonds. The topological polar surface area (TPSA) is 55.6 Å². The molecule has 1 aromatic heterocycles. The molecule has 0 aliphatic rings. The van der Waals surface area contributed by atoms with Crippen LogP contribution in [0.1, 0.15) is 26.2 Å². The fraction of sp³-hybridized carbons (Fsp3) is 0.889. The number of hydrogen-bond acceptors (Lipinski definition) is 5. The summed E-state index contributed by atoms with van der Waals surface area (Å²) < 4.78 is 1.70. The second-order valence-corrected chi connectivity index (χ2v) is 4.45. The van der Waals surface area contributed by atoms with Gasteiger partial charge in [0, 0.05) is 19.3 Å². The van der Waals surface area contributed by atoms with Gasteiger partial charge in [0.2, 0.25) is 5.16 Å². The van der Waals surface area contributed by atoms with Gasteiger partial charge in [-0.15, -0.1) is 5.10 Å². The van der Waals surface area contributed by atoms with Crippen LogP contribution in [-0.2, 0) is 7.05 Å². The first-order chi connectivity index (χ1) is 7.34. The quantitative estimate of drug-likeness (QED) is 0.534. The molecular weight excluding hydrogens is 210 g/mol. The van der Waals surface area contributed by atoms with Gasteiger partial charge in [0.15, 0.2) is 0 Å². The maximum atomic E-state index is 3.90. The van der Waals surface area contributed by atoms with E-state index in [1.165, 1.54) is 19.3 Å².